The molecule has 0 spiro atoms. The van der Waals surface area contributed by atoms with Crippen LogP contribution in [-0.2, 0) is 6.54 Å². The minimum absolute atomic E-state index is 0.243. The average molecular weight is 344 g/mol. The van der Waals surface area contributed by atoms with Crippen molar-refractivity contribution in [3.05, 3.63) is 35.1 Å². The summed E-state index contributed by atoms with van der Waals surface area (Å²) in [5.41, 5.74) is 1.32. The van der Waals surface area contributed by atoms with Crippen molar-refractivity contribution in [2.75, 3.05) is 20.2 Å². The maximum Gasteiger partial charge on any atom is 0.188 e. The van der Waals surface area contributed by atoms with Crippen LogP contribution in [-0.4, -0.2) is 36.0 Å². The summed E-state index contributed by atoms with van der Waals surface area (Å²) in [4.78, 5) is 13.8. The summed E-state index contributed by atoms with van der Waals surface area (Å²) >= 11 is 0. The highest BCUT2D eigenvalue weighted by atomic mass is 18.2. The van der Waals surface area contributed by atoms with E-state index in [1.165, 1.54) is 44.6 Å². The zero-order valence-corrected chi connectivity index (χ0v) is 15.0. The topological polar surface area (TPSA) is 40.5 Å². The van der Waals surface area contributed by atoms with Crippen molar-refractivity contribution < 1.29 is 14.3 Å². The molecule has 0 aliphatic heterocycles. The van der Waals surface area contributed by atoms with Crippen LogP contribution in [0.2, 0.25) is 0 Å². The molecule has 0 radical (unpaired) electrons. The molecule has 1 aromatic rings. The van der Waals surface area contributed by atoms with Gasteiger partial charge < -0.3 is 10.0 Å². The van der Waals surface area contributed by atoms with Crippen molar-refractivity contribution in [2.45, 2.75) is 45.1 Å². The second-order valence-corrected chi connectivity index (χ2v) is 8.98. The first-order valence-electron chi connectivity index (χ1n) is 9.57. The zero-order chi connectivity index (χ0) is 17.6. The van der Waals surface area contributed by atoms with E-state index in [0.29, 0.717) is 17.5 Å². The second kappa shape index (κ2) is 6.48. The Morgan fingerprint density at radius 2 is 1.80 bits per heavy atom. The van der Waals surface area contributed by atoms with E-state index in [9.17, 15) is 9.18 Å². The highest BCUT2D eigenvalue weighted by Gasteiger charge is 2.50. The maximum absolute atomic E-state index is 14.3. The lowest BCUT2D eigenvalue weighted by Crippen LogP contribution is -2.50. The molecule has 0 heterocycles. The van der Waals surface area contributed by atoms with E-state index < -0.39 is 12.4 Å². The zero-order valence-electron chi connectivity index (χ0n) is 15.0. The molecule has 0 amide bonds. The molecule has 1 aromatic carbocycles. The lowest BCUT2D eigenvalue weighted by molar-refractivity contribution is -0.0671. The van der Waals surface area contributed by atoms with E-state index in [2.05, 4.69) is 11.9 Å². The van der Waals surface area contributed by atoms with Crippen LogP contribution in [0.4, 0.5) is 4.39 Å². The number of halogens is 1. The molecule has 0 aromatic heterocycles. The smallest absolute Gasteiger partial charge is 0.188 e. The maximum atomic E-state index is 14.3. The molecule has 4 saturated carbocycles. The first kappa shape index (κ1) is 17.2. The van der Waals surface area contributed by atoms with Gasteiger partial charge in [-0.1, -0.05) is 12.1 Å². The number of Topliss-reactive ketones (excluding diaryl/α,β-unsaturated/α-hetero) is 1. The summed E-state index contributed by atoms with van der Waals surface area (Å²) in [6, 6.07) is 4.57. The molecule has 4 fully saturated rings. The normalized spacial score (nSPS) is 33.2. The Kier molecular flexibility index (Phi) is 4.45. The molecule has 25 heavy (non-hydrogen) atoms. The van der Waals surface area contributed by atoms with Crippen LogP contribution in [0.1, 0.15) is 54.4 Å². The van der Waals surface area contributed by atoms with Crippen molar-refractivity contribution in [3.63, 3.8) is 0 Å². The van der Waals surface area contributed by atoms with Crippen molar-refractivity contribution >= 4 is 5.78 Å². The molecule has 4 aliphatic carbocycles. The second-order valence-electron chi connectivity index (χ2n) is 8.98. The largest absolute Gasteiger partial charge is 0.388 e. The number of ketones is 1. The van der Waals surface area contributed by atoms with Crippen LogP contribution >= 0.6 is 0 Å². The lowest BCUT2D eigenvalue weighted by Gasteiger charge is -2.57. The molecule has 3 nitrogen and oxygen atoms in total. The molecular formula is C21H28FNO2. The van der Waals surface area contributed by atoms with Crippen LogP contribution in [0.3, 0.4) is 0 Å². The van der Waals surface area contributed by atoms with Gasteiger partial charge in [-0.15, -0.1) is 0 Å². The number of carbonyl (C=O) groups excluding carboxylic acids is 1. The number of carbonyl (C=O) groups is 1. The number of aliphatic hydroxyl groups is 1. The summed E-state index contributed by atoms with van der Waals surface area (Å²) < 4.78 is 14.3. The predicted octanol–water partition coefficient (Wildman–Crippen LogP) is 3.65. The van der Waals surface area contributed by atoms with Gasteiger partial charge in [-0.3, -0.25) is 4.79 Å². The van der Waals surface area contributed by atoms with Crippen LogP contribution in [0.15, 0.2) is 18.2 Å². The van der Waals surface area contributed by atoms with Gasteiger partial charge in [0.2, 0.25) is 0 Å². The molecule has 0 saturated heterocycles. The monoisotopic (exact) mass is 344 g/mol. The number of hydrogen-bond acceptors (Lipinski definition) is 3. The molecule has 5 rings (SSSR count). The van der Waals surface area contributed by atoms with E-state index in [4.69, 9.17) is 5.11 Å². The number of nitrogens with zero attached hydrogens (tertiary/aromatic N) is 1. The predicted molar refractivity (Wildman–Crippen MR) is 94.8 cm³/mol. The Labute approximate surface area is 149 Å². The minimum atomic E-state index is -0.579. The average Bonchev–Trinajstić information content (AvgIpc) is 2.54. The molecule has 4 bridgehead atoms. The summed E-state index contributed by atoms with van der Waals surface area (Å²) in [6.07, 6.45) is 8.40. The Bertz CT molecular complexity index is 637. The van der Waals surface area contributed by atoms with E-state index in [1.807, 2.05) is 0 Å². The lowest BCUT2D eigenvalue weighted by atomic mass is 9.49. The van der Waals surface area contributed by atoms with Crippen molar-refractivity contribution in [1.82, 2.24) is 4.90 Å². The van der Waals surface area contributed by atoms with Gasteiger partial charge in [-0.2, -0.15) is 0 Å². The van der Waals surface area contributed by atoms with Crippen molar-refractivity contribution in [3.8, 4) is 0 Å². The number of hydrogen-bond donors (Lipinski definition) is 1. The molecule has 0 atom stereocenters. The third kappa shape index (κ3) is 3.39. The first-order chi connectivity index (χ1) is 12.0. The summed E-state index contributed by atoms with van der Waals surface area (Å²) in [5.74, 6) is 2.00. The molecule has 1 N–H and O–H groups in total. The van der Waals surface area contributed by atoms with E-state index in [0.717, 1.165) is 24.3 Å². The van der Waals surface area contributed by atoms with Gasteiger partial charge in [0.1, 0.15) is 12.4 Å². The van der Waals surface area contributed by atoms with Gasteiger partial charge in [0.15, 0.2) is 5.78 Å². The Balaban J connectivity index is 1.42. The first-order valence-corrected chi connectivity index (χ1v) is 9.57. The van der Waals surface area contributed by atoms with Gasteiger partial charge in [0.25, 0.3) is 0 Å². The van der Waals surface area contributed by atoms with E-state index in [1.54, 1.807) is 12.1 Å². The number of aliphatic hydroxyl groups excluding tert-OH is 1. The Morgan fingerprint density at radius 1 is 1.20 bits per heavy atom. The van der Waals surface area contributed by atoms with Crippen LogP contribution in [0.25, 0.3) is 0 Å². The minimum Gasteiger partial charge on any atom is -0.388 e. The van der Waals surface area contributed by atoms with Gasteiger partial charge in [-0.25, -0.2) is 4.39 Å². The van der Waals surface area contributed by atoms with Gasteiger partial charge in [0.05, 0.1) is 0 Å². The third-order valence-electron chi connectivity index (χ3n) is 6.73. The fourth-order valence-corrected chi connectivity index (χ4v) is 6.34. The highest BCUT2D eigenvalue weighted by molar-refractivity contribution is 5.96. The fourth-order valence-electron chi connectivity index (χ4n) is 6.34. The van der Waals surface area contributed by atoms with Crippen LogP contribution in [0, 0.1) is 29.0 Å². The number of benzene rings is 1. The fraction of sp³-hybridized carbons (Fsp3) is 0.667. The Hall–Kier alpha value is -1.26. The van der Waals surface area contributed by atoms with Gasteiger partial charge in [0, 0.05) is 24.2 Å². The van der Waals surface area contributed by atoms with Crippen LogP contribution in [0.5, 0.6) is 0 Å². The molecule has 4 aliphatic rings. The van der Waals surface area contributed by atoms with Crippen molar-refractivity contribution in [2.24, 2.45) is 23.2 Å². The van der Waals surface area contributed by atoms with Gasteiger partial charge >= 0.3 is 0 Å². The van der Waals surface area contributed by atoms with E-state index >= 15 is 0 Å². The Morgan fingerprint density at radius 3 is 2.32 bits per heavy atom. The SMILES string of the molecule is CN(Cc1ccc(C(=O)CO)cc1[18F])CC12CC3CC(CC(C3)C1)C2. The summed E-state index contributed by atoms with van der Waals surface area (Å²) in [7, 11) is 2.09. The molecule has 136 valence electrons. The van der Waals surface area contributed by atoms with Crippen molar-refractivity contribution in [1.29, 1.82) is 0 Å². The summed E-state index contributed by atoms with van der Waals surface area (Å²) in [6.45, 7) is 1.04. The summed E-state index contributed by atoms with van der Waals surface area (Å²) in [5, 5.41) is 8.90. The van der Waals surface area contributed by atoms with E-state index in [-0.39, 0.29) is 11.4 Å². The molecule has 0 unspecified atom stereocenters. The third-order valence-corrected chi connectivity index (χ3v) is 6.73. The molecule has 4 heteroatoms. The standard InChI is InChI=1S/C21H28FNO2/c1-23(11-18-3-2-17(7-19(18)22)20(25)12-24)13-21-8-14-4-15(9-21)6-16(5-14)10-21/h2-3,7,14-16,24H,4-6,8-13H2,1H3/i22-1. The molecular weight excluding hydrogens is 316 g/mol. The number of rotatable bonds is 6. The highest BCUT2D eigenvalue weighted by Crippen LogP contribution is 2.60. The van der Waals surface area contributed by atoms with Gasteiger partial charge in [-0.05, 0) is 74.8 Å². The quantitative estimate of drug-likeness (QED) is 0.801. The van der Waals surface area contributed by atoms with Crippen LogP contribution < -0.4 is 0 Å².